The molecule has 2 aromatic rings. The van der Waals surface area contributed by atoms with Crippen LogP contribution in [0.5, 0.6) is 0 Å². The van der Waals surface area contributed by atoms with E-state index in [9.17, 15) is 9.90 Å². The molecule has 1 spiro atoms. The molecule has 1 aromatic carbocycles. The molecular formula is C26H35N7O2. The maximum Gasteiger partial charge on any atom is 0.325 e. The largest absolute Gasteiger partial charge is 0.377 e. The average molecular weight is 478 g/mol. The molecule has 1 aliphatic heterocycles. The number of carbonyl (C=O) groups is 1. The summed E-state index contributed by atoms with van der Waals surface area (Å²) in [5.41, 5.74) is 1.34. The molecule has 1 unspecified atom stereocenters. The van der Waals surface area contributed by atoms with E-state index in [0.29, 0.717) is 18.8 Å². The molecule has 2 amide bonds. The van der Waals surface area contributed by atoms with Crippen molar-refractivity contribution in [2.45, 2.75) is 56.3 Å². The second-order valence-corrected chi connectivity index (χ2v) is 9.84. The fraction of sp³-hybridized carbons (Fsp3) is 0.538. The minimum Gasteiger partial charge on any atom is -0.377 e. The second-order valence-electron chi connectivity index (χ2n) is 9.84. The van der Waals surface area contributed by atoms with Crippen LogP contribution in [0.4, 0.5) is 10.5 Å². The second kappa shape index (κ2) is 10.3. The quantitative estimate of drug-likeness (QED) is 0.563. The minimum atomic E-state index is -0.803. The number of aromatic nitrogens is 2. The first-order valence-corrected chi connectivity index (χ1v) is 12.3. The Morgan fingerprint density at radius 3 is 2.40 bits per heavy atom. The summed E-state index contributed by atoms with van der Waals surface area (Å²) in [6, 6.07) is 12.3. The lowest BCUT2D eigenvalue weighted by Gasteiger charge is -2.51. The van der Waals surface area contributed by atoms with E-state index < -0.39 is 11.8 Å². The molecule has 0 radical (unpaired) electrons. The van der Waals surface area contributed by atoms with Crippen LogP contribution in [0, 0.1) is 11.3 Å². The van der Waals surface area contributed by atoms with E-state index in [1.165, 1.54) is 18.0 Å². The summed E-state index contributed by atoms with van der Waals surface area (Å²) < 4.78 is 0. The van der Waals surface area contributed by atoms with E-state index in [4.69, 9.17) is 5.26 Å². The predicted octanol–water partition coefficient (Wildman–Crippen LogP) is 2.68. The molecule has 1 saturated carbocycles. The summed E-state index contributed by atoms with van der Waals surface area (Å²) in [6.07, 6.45) is 6.55. The molecule has 1 saturated heterocycles. The van der Waals surface area contributed by atoms with Crippen LogP contribution in [-0.4, -0.2) is 76.4 Å². The molecule has 1 aliphatic carbocycles. The van der Waals surface area contributed by atoms with Crippen molar-refractivity contribution in [2.75, 3.05) is 38.6 Å². The first-order chi connectivity index (χ1) is 16.8. The molecular weight excluding hydrogens is 442 g/mol. The van der Waals surface area contributed by atoms with Crippen molar-refractivity contribution in [3.05, 3.63) is 54.1 Å². The van der Waals surface area contributed by atoms with Crippen LogP contribution in [0.15, 0.2) is 42.7 Å². The van der Waals surface area contributed by atoms with Crippen molar-refractivity contribution in [1.82, 2.24) is 25.1 Å². The number of urea groups is 1. The highest BCUT2D eigenvalue weighted by Crippen LogP contribution is 2.49. The number of β-amino-alcohol motifs (C(OH)–C–C–N with tert-alkyl or cyclic N) is 1. The number of amides is 2. The van der Waals surface area contributed by atoms with E-state index in [-0.39, 0.29) is 23.9 Å². The van der Waals surface area contributed by atoms with Crippen LogP contribution >= 0.6 is 0 Å². The van der Waals surface area contributed by atoms with E-state index in [1.54, 1.807) is 4.90 Å². The van der Waals surface area contributed by atoms with Crippen molar-refractivity contribution < 1.29 is 9.90 Å². The number of nitrogens with one attached hydrogen (secondary N) is 1. The SMILES string of the molecule is CCCNC(O)CN1C(=O)N(c2cnc(C#N)nc2)CC12CCC(c1ccccc1)(N(C)C)CC2. The number of nitriles is 1. The normalized spacial score (nSPS) is 25.3. The summed E-state index contributed by atoms with van der Waals surface area (Å²) in [6.45, 7) is 3.44. The standard InChI is InChI=1S/C26H35N7O2/c1-4-14-28-23(34)18-33-24(35)32(21-16-29-22(15-27)30-17-21)19-25(33)10-12-26(13-11-25,31(2)3)20-8-6-5-7-9-20/h5-9,16-17,23,28,34H,4,10-14,18-19H2,1-3H3. The zero-order valence-electron chi connectivity index (χ0n) is 20.8. The highest BCUT2D eigenvalue weighted by molar-refractivity contribution is 5.95. The van der Waals surface area contributed by atoms with Gasteiger partial charge in [-0.1, -0.05) is 37.3 Å². The Labute approximate surface area is 207 Å². The number of rotatable bonds is 8. The van der Waals surface area contributed by atoms with E-state index >= 15 is 0 Å². The zero-order valence-corrected chi connectivity index (χ0v) is 20.8. The summed E-state index contributed by atoms with van der Waals surface area (Å²) in [4.78, 5) is 27.7. The first-order valence-electron chi connectivity index (χ1n) is 12.3. The van der Waals surface area contributed by atoms with Gasteiger partial charge in [0, 0.05) is 5.54 Å². The lowest BCUT2D eigenvalue weighted by molar-refractivity contribution is 0.00535. The highest BCUT2D eigenvalue weighted by atomic mass is 16.3. The van der Waals surface area contributed by atoms with Gasteiger partial charge in [0.15, 0.2) is 0 Å². The van der Waals surface area contributed by atoms with Crippen LogP contribution in [0.2, 0.25) is 0 Å². The van der Waals surface area contributed by atoms with Gasteiger partial charge in [0.05, 0.1) is 36.7 Å². The van der Waals surface area contributed by atoms with Gasteiger partial charge < -0.3 is 10.0 Å². The number of hydrogen-bond donors (Lipinski definition) is 2. The third-order valence-electron chi connectivity index (χ3n) is 7.70. The molecule has 35 heavy (non-hydrogen) atoms. The summed E-state index contributed by atoms with van der Waals surface area (Å²) in [7, 11) is 4.25. The van der Waals surface area contributed by atoms with E-state index in [0.717, 1.165) is 32.1 Å². The Hall–Kier alpha value is -3.06. The first kappa shape index (κ1) is 25.0. The number of aliphatic hydroxyl groups is 1. The maximum atomic E-state index is 13.7. The average Bonchev–Trinajstić information content (AvgIpc) is 3.14. The number of carbonyl (C=O) groups excluding carboxylic acids is 1. The van der Waals surface area contributed by atoms with Crippen molar-refractivity contribution in [3.8, 4) is 6.07 Å². The molecule has 2 heterocycles. The van der Waals surface area contributed by atoms with Crippen LogP contribution < -0.4 is 10.2 Å². The number of anilines is 1. The zero-order chi connectivity index (χ0) is 25.1. The molecule has 2 aliphatic rings. The van der Waals surface area contributed by atoms with E-state index in [1.807, 2.05) is 24.0 Å². The van der Waals surface area contributed by atoms with Gasteiger partial charge in [-0.15, -0.1) is 0 Å². The van der Waals surface area contributed by atoms with Crippen LogP contribution in [-0.2, 0) is 5.54 Å². The Balaban J connectivity index is 1.63. The molecule has 9 nitrogen and oxygen atoms in total. The molecule has 2 N–H and O–H groups in total. The third kappa shape index (κ3) is 4.74. The van der Waals surface area contributed by atoms with Gasteiger partial charge in [0.25, 0.3) is 0 Å². The number of benzene rings is 1. The van der Waals surface area contributed by atoms with Gasteiger partial charge in [0.2, 0.25) is 5.82 Å². The number of nitrogens with zero attached hydrogens (tertiary/aromatic N) is 6. The number of hydrogen-bond acceptors (Lipinski definition) is 7. The lowest BCUT2D eigenvalue weighted by atomic mass is 9.68. The molecule has 9 heteroatoms. The Kier molecular flexibility index (Phi) is 7.36. The summed E-state index contributed by atoms with van der Waals surface area (Å²) in [5, 5.41) is 22.8. The Morgan fingerprint density at radius 1 is 1.17 bits per heavy atom. The third-order valence-corrected chi connectivity index (χ3v) is 7.70. The predicted molar refractivity (Wildman–Crippen MR) is 134 cm³/mol. The van der Waals surface area contributed by atoms with Crippen molar-refractivity contribution in [3.63, 3.8) is 0 Å². The number of aliphatic hydroxyl groups excluding tert-OH is 1. The topological polar surface area (TPSA) is 109 Å². The van der Waals surface area contributed by atoms with Gasteiger partial charge in [-0.2, -0.15) is 5.26 Å². The molecule has 186 valence electrons. The van der Waals surface area contributed by atoms with Crippen LogP contribution in [0.3, 0.4) is 0 Å². The van der Waals surface area contributed by atoms with Crippen LogP contribution in [0.1, 0.15) is 50.4 Å². The minimum absolute atomic E-state index is 0.0717. The summed E-state index contributed by atoms with van der Waals surface area (Å²) in [5.74, 6) is 0.0717. The van der Waals surface area contributed by atoms with Crippen molar-refractivity contribution in [1.29, 1.82) is 5.26 Å². The fourth-order valence-corrected chi connectivity index (χ4v) is 5.64. The van der Waals surface area contributed by atoms with Gasteiger partial charge in [-0.25, -0.2) is 14.8 Å². The molecule has 0 bridgehead atoms. The van der Waals surface area contributed by atoms with Gasteiger partial charge >= 0.3 is 6.03 Å². The monoisotopic (exact) mass is 477 g/mol. The van der Waals surface area contributed by atoms with E-state index in [2.05, 4.69) is 58.5 Å². The Bertz CT molecular complexity index is 1040. The molecule has 2 fully saturated rings. The van der Waals surface area contributed by atoms with Gasteiger partial charge in [-0.3, -0.25) is 15.1 Å². The van der Waals surface area contributed by atoms with Crippen molar-refractivity contribution >= 4 is 11.7 Å². The van der Waals surface area contributed by atoms with Crippen molar-refractivity contribution in [2.24, 2.45) is 0 Å². The molecule has 1 atom stereocenters. The summed E-state index contributed by atoms with van der Waals surface area (Å²) >= 11 is 0. The molecule has 1 aromatic heterocycles. The van der Waals surface area contributed by atoms with Crippen LogP contribution in [0.25, 0.3) is 0 Å². The van der Waals surface area contributed by atoms with Gasteiger partial charge in [0.1, 0.15) is 12.3 Å². The molecule has 4 rings (SSSR count). The smallest absolute Gasteiger partial charge is 0.325 e. The highest BCUT2D eigenvalue weighted by Gasteiger charge is 2.55. The maximum absolute atomic E-state index is 13.7. The van der Waals surface area contributed by atoms with Gasteiger partial charge in [-0.05, 0) is 58.3 Å². The fourth-order valence-electron chi connectivity index (χ4n) is 5.64. The Morgan fingerprint density at radius 2 is 1.83 bits per heavy atom. The lowest BCUT2D eigenvalue weighted by Crippen LogP contribution is -2.57.